The zero-order chi connectivity index (χ0) is 11.4. The van der Waals surface area contributed by atoms with E-state index in [1.807, 2.05) is 42.6 Å². The van der Waals surface area contributed by atoms with Crippen molar-refractivity contribution in [3.63, 3.8) is 0 Å². The van der Waals surface area contributed by atoms with Gasteiger partial charge in [-0.25, -0.2) is 4.98 Å². The van der Waals surface area contributed by atoms with Crippen LogP contribution in [0.25, 0.3) is 0 Å². The van der Waals surface area contributed by atoms with Crippen molar-refractivity contribution in [2.24, 2.45) is 0 Å². The minimum Gasteiger partial charge on any atom is -0.249 e. The lowest BCUT2D eigenvalue weighted by Gasteiger charge is -2.01. The van der Waals surface area contributed by atoms with Gasteiger partial charge in [0.15, 0.2) is 0 Å². The van der Waals surface area contributed by atoms with E-state index in [1.165, 1.54) is 5.56 Å². The smallest absolute Gasteiger partial charge is 0.0963 e. The molecule has 82 valence electrons. The molecule has 2 aromatic rings. The largest absolute Gasteiger partial charge is 0.249 e. The van der Waals surface area contributed by atoms with Gasteiger partial charge < -0.3 is 0 Å². The van der Waals surface area contributed by atoms with Gasteiger partial charge in [0.05, 0.1) is 5.03 Å². The van der Waals surface area contributed by atoms with Crippen LogP contribution in [0.4, 0.5) is 0 Å². The van der Waals surface area contributed by atoms with Crippen LogP contribution in [-0.4, -0.2) is 4.98 Å². The number of hydrogen-bond donors (Lipinski definition) is 0. The highest BCUT2D eigenvalue weighted by molar-refractivity contribution is 9.10. The molecule has 0 radical (unpaired) electrons. The Bertz CT molecular complexity index is 410. The van der Waals surface area contributed by atoms with Crippen molar-refractivity contribution in [3.8, 4) is 0 Å². The van der Waals surface area contributed by atoms with Gasteiger partial charge in [-0.1, -0.05) is 23.7 Å². The van der Waals surface area contributed by atoms with Gasteiger partial charge in [0.1, 0.15) is 0 Å². The van der Waals surface area contributed by atoms with Gasteiger partial charge in [0.25, 0.3) is 0 Å². The lowest BCUT2D eigenvalue weighted by Crippen LogP contribution is -1.82. The van der Waals surface area contributed by atoms with Crippen LogP contribution < -0.4 is 0 Å². The molecule has 16 heavy (non-hydrogen) atoms. The summed E-state index contributed by atoms with van der Waals surface area (Å²) in [4.78, 5) is 4.30. The zero-order valence-electron chi connectivity index (χ0n) is 8.36. The molecule has 0 N–H and O–H groups in total. The second kappa shape index (κ2) is 5.71. The van der Waals surface area contributed by atoms with E-state index in [0.29, 0.717) is 0 Å². The molecular weight excluding hydrogens is 306 g/mol. The van der Waals surface area contributed by atoms with Crippen LogP contribution in [0.15, 0.2) is 52.1 Å². The number of halogens is 2. The fourth-order valence-corrected chi connectivity index (χ4v) is 2.34. The number of benzene rings is 1. The van der Waals surface area contributed by atoms with Crippen LogP contribution in [-0.2, 0) is 5.75 Å². The first-order chi connectivity index (χ1) is 7.74. The number of nitrogens with zero attached hydrogens (tertiary/aromatic N) is 1. The fourth-order valence-electron chi connectivity index (χ4n) is 1.19. The van der Waals surface area contributed by atoms with E-state index in [-0.39, 0.29) is 0 Å². The molecule has 0 aliphatic rings. The average molecular weight is 315 g/mol. The van der Waals surface area contributed by atoms with Gasteiger partial charge in [0.2, 0.25) is 0 Å². The van der Waals surface area contributed by atoms with Gasteiger partial charge in [-0.3, -0.25) is 0 Å². The average Bonchev–Trinajstić information content (AvgIpc) is 2.30. The highest BCUT2D eigenvalue weighted by Crippen LogP contribution is 2.22. The van der Waals surface area contributed by atoms with Crippen molar-refractivity contribution in [2.75, 3.05) is 0 Å². The summed E-state index contributed by atoms with van der Waals surface area (Å²) in [6, 6.07) is 11.9. The van der Waals surface area contributed by atoms with Crippen molar-refractivity contribution < 1.29 is 0 Å². The zero-order valence-corrected chi connectivity index (χ0v) is 11.5. The number of pyridine rings is 1. The maximum Gasteiger partial charge on any atom is 0.0963 e. The molecular formula is C12H9BrClNS. The first-order valence-electron chi connectivity index (χ1n) is 4.73. The standard InChI is InChI=1S/C12H9BrClNS/c13-10-3-6-12(15-7-10)16-8-9-1-4-11(14)5-2-9/h1-7H,8H2. The number of hydrogen-bond acceptors (Lipinski definition) is 2. The molecule has 0 aliphatic carbocycles. The number of aromatic nitrogens is 1. The minimum atomic E-state index is 0.774. The van der Waals surface area contributed by atoms with Crippen LogP contribution in [0.3, 0.4) is 0 Å². The Morgan fingerprint density at radius 3 is 2.50 bits per heavy atom. The van der Waals surface area contributed by atoms with Crippen molar-refractivity contribution in [1.82, 2.24) is 4.98 Å². The highest BCUT2D eigenvalue weighted by Gasteiger charge is 1.97. The van der Waals surface area contributed by atoms with Gasteiger partial charge >= 0.3 is 0 Å². The molecule has 0 saturated carbocycles. The molecule has 1 heterocycles. The summed E-state index contributed by atoms with van der Waals surface area (Å²) < 4.78 is 1.00. The van der Waals surface area contributed by atoms with E-state index < -0.39 is 0 Å². The predicted octanol–water partition coefficient (Wildman–Crippen LogP) is 4.79. The molecule has 1 nitrogen and oxygen atoms in total. The molecule has 4 heteroatoms. The number of thioether (sulfide) groups is 1. The van der Waals surface area contributed by atoms with Crippen molar-refractivity contribution in [2.45, 2.75) is 10.8 Å². The molecule has 0 saturated heterocycles. The highest BCUT2D eigenvalue weighted by atomic mass is 79.9. The summed E-state index contributed by atoms with van der Waals surface area (Å²) in [5.74, 6) is 0.909. The van der Waals surface area contributed by atoms with Gasteiger partial charge in [-0.15, -0.1) is 11.8 Å². The van der Waals surface area contributed by atoms with Gasteiger partial charge in [-0.2, -0.15) is 0 Å². The molecule has 0 bridgehead atoms. The van der Waals surface area contributed by atoms with Crippen LogP contribution in [0.5, 0.6) is 0 Å². The van der Waals surface area contributed by atoms with E-state index in [2.05, 4.69) is 20.9 Å². The predicted molar refractivity (Wildman–Crippen MR) is 73.0 cm³/mol. The summed E-state index contributed by atoms with van der Waals surface area (Å²) in [5.41, 5.74) is 1.25. The third kappa shape index (κ3) is 3.51. The first-order valence-corrected chi connectivity index (χ1v) is 6.88. The molecule has 0 fully saturated rings. The van der Waals surface area contributed by atoms with Crippen molar-refractivity contribution >= 4 is 39.3 Å². The monoisotopic (exact) mass is 313 g/mol. The third-order valence-corrected chi connectivity index (χ3v) is 3.74. The summed E-state index contributed by atoms with van der Waals surface area (Å²) in [6.45, 7) is 0. The minimum absolute atomic E-state index is 0.774. The topological polar surface area (TPSA) is 12.9 Å². The molecule has 0 unspecified atom stereocenters. The SMILES string of the molecule is Clc1ccc(CSc2ccc(Br)cn2)cc1. The molecule has 0 atom stereocenters. The lowest BCUT2D eigenvalue weighted by molar-refractivity contribution is 1.12. The second-order valence-electron chi connectivity index (χ2n) is 3.23. The van der Waals surface area contributed by atoms with Crippen LogP contribution in [0, 0.1) is 0 Å². The van der Waals surface area contributed by atoms with Crippen LogP contribution in [0.2, 0.25) is 5.02 Å². The Labute approximate surface area is 112 Å². The Kier molecular flexibility index (Phi) is 4.27. The molecule has 2 rings (SSSR count). The quantitative estimate of drug-likeness (QED) is 0.756. The summed E-state index contributed by atoms with van der Waals surface area (Å²) in [6.07, 6.45) is 1.81. The Balaban J connectivity index is 1.97. The van der Waals surface area contributed by atoms with E-state index in [0.717, 1.165) is 20.3 Å². The summed E-state index contributed by atoms with van der Waals surface area (Å²) in [5, 5.41) is 1.80. The van der Waals surface area contributed by atoms with E-state index in [4.69, 9.17) is 11.6 Å². The van der Waals surface area contributed by atoms with E-state index in [1.54, 1.807) is 11.8 Å². The Morgan fingerprint density at radius 2 is 1.88 bits per heavy atom. The van der Waals surface area contributed by atoms with Gasteiger partial charge in [-0.05, 0) is 45.8 Å². The Hall–Kier alpha value is -0.510. The van der Waals surface area contributed by atoms with Crippen LogP contribution >= 0.6 is 39.3 Å². The molecule has 0 amide bonds. The lowest BCUT2D eigenvalue weighted by atomic mass is 10.2. The summed E-state index contributed by atoms with van der Waals surface area (Å²) in [7, 11) is 0. The molecule has 1 aromatic carbocycles. The van der Waals surface area contributed by atoms with Gasteiger partial charge in [0, 0.05) is 21.4 Å². The van der Waals surface area contributed by atoms with Crippen molar-refractivity contribution in [3.05, 3.63) is 57.7 Å². The van der Waals surface area contributed by atoms with E-state index >= 15 is 0 Å². The molecule has 0 aliphatic heterocycles. The normalized spacial score (nSPS) is 10.4. The molecule has 1 aromatic heterocycles. The fraction of sp³-hybridized carbons (Fsp3) is 0.0833. The van der Waals surface area contributed by atoms with Crippen molar-refractivity contribution in [1.29, 1.82) is 0 Å². The van der Waals surface area contributed by atoms with E-state index in [9.17, 15) is 0 Å². The van der Waals surface area contributed by atoms with Crippen LogP contribution in [0.1, 0.15) is 5.56 Å². The maximum absolute atomic E-state index is 5.82. The maximum atomic E-state index is 5.82. The molecule has 0 spiro atoms. The first kappa shape index (κ1) is 12.0. The Morgan fingerprint density at radius 1 is 1.12 bits per heavy atom. The summed E-state index contributed by atoms with van der Waals surface area (Å²) >= 11 is 10.9. The third-order valence-electron chi connectivity index (χ3n) is 2.00. The number of rotatable bonds is 3. The second-order valence-corrected chi connectivity index (χ2v) is 5.58.